The SMILES string of the molecule is C1=CC(C2=CSC(=C3SC4=C(SCCS4)S3)S2)C=C1. The second-order valence-electron chi connectivity index (χ2n) is 4.09. The van der Waals surface area contributed by atoms with Crippen LogP contribution in [0.15, 0.2) is 51.6 Å². The maximum Gasteiger partial charge on any atom is 0.0717 e. The Morgan fingerprint density at radius 2 is 1.47 bits per heavy atom. The van der Waals surface area contributed by atoms with E-state index in [1.165, 1.54) is 24.9 Å². The molecule has 3 aliphatic heterocycles. The minimum absolute atomic E-state index is 0.512. The molecule has 3 heterocycles. The molecule has 0 aromatic carbocycles. The van der Waals surface area contributed by atoms with Crippen LogP contribution in [0.2, 0.25) is 0 Å². The van der Waals surface area contributed by atoms with Crippen LogP contribution in [0, 0.1) is 5.92 Å². The van der Waals surface area contributed by atoms with E-state index in [0.29, 0.717) is 5.92 Å². The molecule has 0 spiro atoms. The molecule has 0 bridgehead atoms. The van der Waals surface area contributed by atoms with Crippen LogP contribution >= 0.6 is 70.6 Å². The van der Waals surface area contributed by atoms with Crippen molar-refractivity contribution in [2.75, 3.05) is 11.5 Å². The molecule has 4 rings (SSSR count). The standard InChI is InChI=1S/C13H10S6/c1-2-4-8(3-1)9-7-16-12(17-9)13-18-10-11(19-13)15-6-5-14-10/h1-4,7-8H,5-6H2. The fraction of sp³-hybridized carbons (Fsp3) is 0.231. The minimum atomic E-state index is 0.512. The molecule has 19 heavy (non-hydrogen) atoms. The van der Waals surface area contributed by atoms with Crippen LogP contribution in [0.3, 0.4) is 0 Å². The molecule has 98 valence electrons. The molecule has 6 heteroatoms. The lowest BCUT2D eigenvalue weighted by atomic mass is 10.2. The number of thioether (sulfide) groups is 6. The first-order valence-corrected chi connectivity index (χ1v) is 11.2. The number of allylic oxidation sites excluding steroid dienone is 5. The van der Waals surface area contributed by atoms with Crippen LogP contribution in [0.25, 0.3) is 0 Å². The van der Waals surface area contributed by atoms with Gasteiger partial charge >= 0.3 is 0 Å². The van der Waals surface area contributed by atoms with E-state index in [1.807, 2.05) is 70.6 Å². The summed E-state index contributed by atoms with van der Waals surface area (Å²) in [6.45, 7) is 0. The molecular weight excluding hydrogens is 349 g/mol. The predicted molar refractivity (Wildman–Crippen MR) is 99.2 cm³/mol. The van der Waals surface area contributed by atoms with Crippen molar-refractivity contribution in [3.63, 3.8) is 0 Å². The Kier molecular flexibility index (Phi) is 4.17. The lowest BCUT2D eigenvalue weighted by Crippen LogP contribution is -1.88. The van der Waals surface area contributed by atoms with Gasteiger partial charge in [-0.2, -0.15) is 0 Å². The third-order valence-corrected chi connectivity index (χ3v) is 11.6. The smallest absolute Gasteiger partial charge is 0.0717 e. The fourth-order valence-corrected chi connectivity index (χ4v) is 10.6. The number of hydrogen-bond donors (Lipinski definition) is 0. The molecule has 0 amide bonds. The molecule has 0 nitrogen and oxygen atoms in total. The Morgan fingerprint density at radius 3 is 2.16 bits per heavy atom. The third kappa shape index (κ3) is 2.77. The van der Waals surface area contributed by atoms with Gasteiger partial charge in [0.05, 0.1) is 16.9 Å². The predicted octanol–water partition coefficient (Wildman–Crippen LogP) is 6.26. The van der Waals surface area contributed by atoms with Crippen molar-refractivity contribution in [1.82, 2.24) is 0 Å². The van der Waals surface area contributed by atoms with Crippen LogP contribution < -0.4 is 0 Å². The Hall–Kier alpha value is 0.800. The van der Waals surface area contributed by atoms with Gasteiger partial charge in [-0.3, -0.25) is 0 Å². The van der Waals surface area contributed by atoms with Gasteiger partial charge in [0.25, 0.3) is 0 Å². The summed E-state index contributed by atoms with van der Waals surface area (Å²) in [5.41, 5.74) is 0. The molecule has 0 saturated carbocycles. The van der Waals surface area contributed by atoms with Gasteiger partial charge in [-0.1, -0.05) is 71.4 Å². The molecule has 1 aliphatic carbocycles. The summed E-state index contributed by atoms with van der Waals surface area (Å²) in [6.07, 6.45) is 8.84. The van der Waals surface area contributed by atoms with Gasteiger partial charge in [0.15, 0.2) is 0 Å². The molecule has 0 unspecified atom stereocenters. The molecule has 0 atom stereocenters. The van der Waals surface area contributed by atoms with Gasteiger partial charge in [0.1, 0.15) is 0 Å². The Labute approximate surface area is 138 Å². The quantitative estimate of drug-likeness (QED) is 0.538. The van der Waals surface area contributed by atoms with Gasteiger partial charge < -0.3 is 0 Å². The molecule has 0 N–H and O–H groups in total. The van der Waals surface area contributed by atoms with Crippen LogP contribution in [-0.2, 0) is 0 Å². The van der Waals surface area contributed by atoms with Crippen molar-refractivity contribution in [3.05, 3.63) is 51.6 Å². The van der Waals surface area contributed by atoms with E-state index in [4.69, 9.17) is 0 Å². The van der Waals surface area contributed by atoms with Gasteiger partial charge in [0, 0.05) is 22.3 Å². The molecule has 0 radical (unpaired) electrons. The molecule has 0 fully saturated rings. The highest BCUT2D eigenvalue weighted by atomic mass is 32.3. The minimum Gasteiger partial charge on any atom is -0.116 e. The van der Waals surface area contributed by atoms with Crippen molar-refractivity contribution in [1.29, 1.82) is 0 Å². The Balaban J connectivity index is 1.49. The zero-order valence-corrected chi connectivity index (χ0v) is 14.7. The van der Waals surface area contributed by atoms with Gasteiger partial charge in [-0.25, -0.2) is 0 Å². The highest BCUT2D eigenvalue weighted by molar-refractivity contribution is 8.43. The van der Waals surface area contributed by atoms with Crippen molar-refractivity contribution in [2.24, 2.45) is 5.92 Å². The lowest BCUT2D eigenvalue weighted by Gasteiger charge is -2.08. The van der Waals surface area contributed by atoms with E-state index in [1.54, 1.807) is 8.47 Å². The fourth-order valence-electron chi connectivity index (χ4n) is 1.93. The van der Waals surface area contributed by atoms with Crippen LogP contribution in [0.5, 0.6) is 0 Å². The summed E-state index contributed by atoms with van der Waals surface area (Å²) in [7, 11) is 0. The second kappa shape index (κ2) is 5.89. The van der Waals surface area contributed by atoms with Gasteiger partial charge in [-0.05, 0) is 5.41 Å². The highest BCUT2D eigenvalue weighted by Crippen LogP contribution is 2.64. The summed E-state index contributed by atoms with van der Waals surface area (Å²) in [4.78, 5) is 1.48. The lowest BCUT2D eigenvalue weighted by molar-refractivity contribution is 1.08. The molecular formula is C13H10S6. The Bertz CT molecular complexity index is 534. The summed E-state index contributed by atoms with van der Waals surface area (Å²) in [5.74, 6) is 3.04. The number of hydrogen-bond acceptors (Lipinski definition) is 6. The van der Waals surface area contributed by atoms with E-state index in [-0.39, 0.29) is 0 Å². The largest absolute Gasteiger partial charge is 0.116 e. The molecule has 4 aliphatic rings. The average molecular weight is 359 g/mol. The second-order valence-corrected chi connectivity index (χ2v) is 11.3. The molecule has 0 saturated heterocycles. The number of rotatable bonds is 1. The maximum absolute atomic E-state index is 2.33. The summed E-state index contributed by atoms with van der Waals surface area (Å²) in [5, 5.41) is 2.33. The van der Waals surface area contributed by atoms with E-state index in [9.17, 15) is 0 Å². The van der Waals surface area contributed by atoms with E-state index in [2.05, 4.69) is 29.7 Å². The highest BCUT2D eigenvalue weighted by Gasteiger charge is 2.30. The summed E-state index contributed by atoms with van der Waals surface area (Å²) >= 11 is 11.9. The molecule has 0 aromatic rings. The monoisotopic (exact) mass is 358 g/mol. The zero-order valence-electron chi connectivity index (χ0n) is 9.83. The van der Waals surface area contributed by atoms with Crippen molar-refractivity contribution < 1.29 is 0 Å². The molecule has 0 aromatic heterocycles. The summed E-state index contributed by atoms with van der Waals surface area (Å²) < 4.78 is 6.06. The first kappa shape index (κ1) is 13.5. The van der Waals surface area contributed by atoms with Gasteiger partial charge in [0.2, 0.25) is 0 Å². The maximum atomic E-state index is 2.33. The van der Waals surface area contributed by atoms with E-state index in [0.717, 1.165) is 0 Å². The van der Waals surface area contributed by atoms with Crippen LogP contribution in [0.1, 0.15) is 0 Å². The van der Waals surface area contributed by atoms with E-state index >= 15 is 0 Å². The third-order valence-electron chi connectivity index (χ3n) is 2.82. The van der Waals surface area contributed by atoms with Crippen LogP contribution in [0.4, 0.5) is 0 Å². The zero-order chi connectivity index (χ0) is 12.7. The topological polar surface area (TPSA) is 0 Å². The van der Waals surface area contributed by atoms with Gasteiger partial charge in [-0.15, -0.1) is 23.5 Å². The average Bonchev–Trinajstić information content (AvgIpc) is 3.17. The summed E-state index contributed by atoms with van der Waals surface area (Å²) in [6, 6.07) is 0. The van der Waals surface area contributed by atoms with Crippen LogP contribution in [-0.4, -0.2) is 11.5 Å². The van der Waals surface area contributed by atoms with Crippen molar-refractivity contribution >= 4 is 70.6 Å². The first-order chi connectivity index (χ1) is 9.40. The van der Waals surface area contributed by atoms with Crippen molar-refractivity contribution in [3.8, 4) is 0 Å². The van der Waals surface area contributed by atoms with E-state index < -0.39 is 0 Å². The Morgan fingerprint density at radius 1 is 0.789 bits per heavy atom. The first-order valence-electron chi connectivity index (χ1n) is 5.89. The normalized spacial score (nSPS) is 26.6. The van der Waals surface area contributed by atoms with Crippen molar-refractivity contribution in [2.45, 2.75) is 0 Å².